The molecule has 3 aliphatic rings. The third-order valence-electron chi connectivity index (χ3n) is 17.5. The van der Waals surface area contributed by atoms with Crippen molar-refractivity contribution in [2.24, 2.45) is 0 Å². The molecule has 9 aromatic rings. The highest BCUT2D eigenvalue weighted by atomic mass is 16.6. The molecule has 1 saturated heterocycles. The van der Waals surface area contributed by atoms with Crippen LogP contribution < -0.4 is 4.90 Å². The predicted molar refractivity (Wildman–Crippen MR) is 402 cm³/mol. The van der Waals surface area contributed by atoms with Crippen LogP contribution in [0.25, 0.3) is 90.4 Å². The summed E-state index contributed by atoms with van der Waals surface area (Å²) >= 11 is 0. The van der Waals surface area contributed by atoms with Crippen LogP contribution in [0, 0.1) is 0 Å². The van der Waals surface area contributed by atoms with Crippen LogP contribution in [0.3, 0.4) is 0 Å². The van der Waals surface area contributed by atoms with Crippen molar-refractivity contribution in [1.82, 2.24) is 39.5 Å². The molecule has 508 valence electrons. The lowest BCUT2D eigenvalue weighted by Gasteiger charge is -2.34. The average Bonchev–Trinajstić information content (AvgIpc) is 1.61. The van der Waals surface area contributed by atoms with E-state index in [0.29, 0.717) is 65.4 Å². The number of carbonyl (C=O) groups excluding carboxylic acids is 3. The molecule has 0 spiro atoms. The van der Waals surface area contributed by atoms with Gasteiger partial charge in [0.15, 0.2) is 0 Å². The number of benzene rings is 6. The third kappa shape index (κ3) is 18.0. The zero-order chi connectivity index (χ0) is 69.3. The van der Waals surface area contributed by atoms with Crippen LogP contribution >= 0.6 is 0 Å². The number of esters is 3. The molecule has 0 radical (unpaired) electrons. The van der Waals surface area contributed by atoms with Gasteiger partial charge in [-0.3, -0.25) is 34.0 Å². The molecule has 0 unspecified atom stereocenters. The van der Waals surface area contributed by atoms with Gasteiger partial charge in [0.25, 0.3) is 0 Å². The van der Waals surface area contributed by atoms with Gasteiger partial charge in [0.05, 0.1) is 49.0 Å². The van der Waals surface area contributed by atoms with Crippen molar-refractivity contribution in [1.29, 1.82) is 0 Å². The molecule has 15 nitrogen and oxygen atoms in total. The first-order valence-electron chi connectivity index (χ1n) is 34.5. The SMILES string of the molecule is CC(C)(C)OC(=O)CN1CCN(CC(=O)OC(C)(C)C)CCN(Cc2ccc(N(CC3=Cc4nc3c(-c3ccccc3)c3ccc([nH]3)c(-c3ccccc3)c3nc(c(-c5ccccc5)c5ccc([nH]5)c4-c4ccccc4)C=C3)c3ccccc3)cc2)CCN(CC(=O)OC(C)(C)C)CC1. The number of aromatic nitrogens is 4. The number of hydrogen-bond acceptors (Lipinski definition) is 13. The number of nitrogens with zero attached hydrogens (tertiary/aromatic N) is 7. The zero-order valence-corrected chi connectivity index (χ0v) is 58.6. The maximum Gasteiger partial charge on any atom is 0.320 e. The number of aromatic amines is 2. The molecular formula is C84H91N9O6. The van der Waals surface area contributed by atoms with E-state index in [4.69, 9.17) is 24.2 Å². The second-order valence-corrected chi connectivity index (χ2v) is 28.7. The van der Waals surface area contributed by atoms with Crippen LogP contribution in [0.15, 0.2) is 200 Å². The fraction of sp³-hybridized carbons (Fsp3) is 0.298. The molecule has 0 amide bonds. The summed E-state index contributed by atoms with van der Waals surface area (Å²) in [5.41, 5.74) is 17.2. The van der Waals surface area contributed by atoms with Gasteiger partial charge in [0.2, 0.25) is 0 Å². The number of ether oxygens (including phenoxy) is 3. The van der Waals surface area contributed by atoms with E-state index < -0.39 is 16.8 Å². The summed E-state index contributed by atoms with van der Waals surface area (Å²) < 4.78 is 17.6. The minimum Gasteiger partial charge on any atom is -0.459 e. The Hall–Kier alpha value is -10.0. The number of hydrogen-bond donors (Lipinski definition) is 2. The number of para-hydroxylation sites is 1. The van der Waals surface area contributed by atoms with Crippen LogP contribution in [0.5, 0.6) is 0 Å². The lowest BCUT2D eigenvalue weighted by atomic mass is 9.98. The van der Waals surface area contributed by atoms with Crippen LogP contribution in [0.4, 0.5) is 11.4 Å². The van der Waals surface area contributed by atoms with E-state index in [-0.39, 0.29) is 37.5 Å². The van der Waals surface area contributed by atoms with Gasteiger partial charge in [-0.25, -0.2) is 9.97 Å². The molecule has 6 aromatic carbocycles. The summed E-state index contributed by atoms with van der Waals surface area (Å²) in [6, 6.07) is 70.3. The second-order valence-electron chi connectivity index (χ2n) is 28.7. The third-order valence-corrected chi connectivity index (χ3v) is 17.5. The lowest BCUT2D eigenvalue weighted by molar-refractivity contribution is -0.158. The summed E-state index contributed by atoms with van der Waals surface area (Å²) in [5, 5.41) is 0. The Labute approximate surface area is 582 Å². The van der Waals surface area contributed by atoms with Gasteiger partial charge in [-0.2, -0.15) is 0 Å². The van der Waals surface area contributed by atoms with E-state index >= 15 is 0 Å². The first-order valence-corrected chi connectivity index (χ1v) is 34.5. The second kappa shape index (κ2) is 30.4. The molecule has 12 rings (SSSR count). The van der Waals surface area contributed by atoms with Gasteiger partial charge in [0.1, 0.15) is 16.8 Å². The number of carbonyl (C=O) groups is 3. The lowest BCUT2D eigenvalue weighted by Crippen LogP contribution is -2.49. The van der Waals surface area contributed by atoms with Crippen molar-refractivity contribution >= 4 is 75.2 Å². The quantitative estimate of drug-likeness (QED) is 0.0698. The van der Waals surface area contributed by atoms with Gasteiger partial charge in [-0.1, -0.05) is 152 Å². The Morgan fingerprint density at radius 3 is 1.08 bits per heavy atom. The number of rotatable bonds is 16. The molecule has 1 fully saturated rings. The van der Waals surface area contributed by atoms with Crippen molar-refractivity contribution in [3.8, 4) is 44.5 Å². The highest BCUT2D eigenvalue weighted by molar-refractivity contribution is 6.03. The van der Waals surface area contributed by atoms with E-state index in [9.17, 15) is 14.4 Å². The van der Waals surface area contributed by atoms with E-state index in [2.05, 4.69) is 241 Å². The van der Waals surface area contributed by atoms with Gasteiger partial charge in [-0.05, 0) is 157 Å². The molecule has 6 heterocycles. The smallest absolute Gasteiger partial charge is 0.320 e. The van der Waals surface area contributed by atoms with E-state index in [1.54, 1.807) is 0 Å². The molecule has 0 atom stereocenters. The molecule has 0 aliphatic carbocycles. The van der Waals surface area contributed by atoms with Crippen LogP contribution in [0.2, 0.25) is 0 Å². The summed E-state index contributed by atoms with van der Waals surface area (Å²) in [4.78, 5) is 71.0. The summed E-state index contributed by atoms with van der Waals surface area (Å²) in [5.74, 6) is -0.946. The highest BCUT2D eigenvalue weighted by Crippen LogP contribution is 2.42. The Bertz CT molecular complexity index is 4490. The monoisotopic (exact) mass is 1320 g/mol. The van der Waals surface area contributed by atoms with E-state index in [0.717, 1.165) is 112 Å². The molecule has 3 aromatic heterocycles. The molecule has 15 heteroatoms. The largest absolute Gasteiger partial charge is 0.459 e. The average molecular weight is 1320 g/mol. The number of anilines is 2. The fourth-order valence-corrected chi connectivity index (χ4v) is 13.1. The first-order chi connectivity index (χ1) is 47.6. The van der Waals surface area contributed by atoms with Crippen molar-refractivity contribution in [2.75, 3.05) is 83.4 Å². The fourth-order valence-electron chi connectivity index (χ4n) is 13.1. The van der Waals surface area contributed by atoms with E-state index in [1.807, 2.05) is 74.4 Å². The van der Waals surface area contributed by atoms with Crippen molar-refractivity contribution in [2.45, 2.75) is 85.7 Å². The molecule has 99 heavy (non-hydrogen) atoms. The summed E-state index contributed by atoms with van der Waals surface area (Å²) in [6.07, 6.45) is 6.56. The topological polar surface area (TPSA) is 152 Å². The summed E-state index contributed by atoms with van der Waals surface area (Å²) in [6.45, 7) is 22.5. The van der Waals surface area contributed by atoms with Crippen LogP contribution in [-0.4, -0.2) is 153 Å². The number of nitrogens with one attached hydrogen (secondary N) is 2. The van der Waals surface area contributed by atoms with Crippen LogP contribution in [-0.2, 0) is 35.1 Å². The maximum atomic E-state index is 13.6. The van der Waals surface area contributed by atoms with Gasteiger partial charge < -0.3 is 29.1 Å². The minimum atomic E-state index is -0.657. The predicted octanol–water partition coefficient (Wildman–Crippen LogP) is 16.3. The Balaban J connectivity index is 0.956. The molecule has 2 N–H and O–H groups in total. The molecule has 3 aliphatic heterocycles. The zero-order valence-electron chi connectivity index (χ0n) is 58.6. The van der Waals surface area contributed by atoms with Crippen molar-refractivity contribution in [3.63, 3.8) is 0 Å². The van der Waals surface area contributed by atoms with Crippen molar-refractivity contribution in [3.05, 3.63) is 229 Å². The minimum absolute atomic E-state index is 0.0668. The molecule has 0 saturated carbocycles. The Morgan fingerprint density at radius 1 is 0.384 bits per heavy atom. The highest BCUT2D eigenvalue weighted by Gasteiger charge is 2.29. The van der Waals surface area contributed by atoms with E-state index in [1.165, 1.54) is 0 Å². The van der Waals surface area contributed by atoms with Gasteiger partial charge in [-0.15, -0.1) is 0 Å². The normalized spacial score (nSPS) is 14.8. The molecular weight excluding hydrogens is 1230 g/mol. The summed E-state index contributed by atoms with van der Waals surface area (Å²) in [7, 11) is 0. The Morgan fingerprint density at radius 2 is 0.707 bits per heavy atom. The molecule has 8 bridgehead atoms. The van der Waals surface area contributed by atoms with Gasteiger partial charge >= 0.3 is 17.9 Å². The van der Waals surface area contributed by atoms with Gasteiger partial charge in [0, 0.05) is 120 Å². The number of fused-ring (bicyclic) bond motifs is 8. The standard InChI is InChI=1S/C84H91N9O6/c1-82(2,3)97-74(94)56-90-47-45-89(46-48-91(57-75(95)98-83(4,5)6)50-52-92(51-49-90)58-76(96)99-84(7,8)9)54-59-35-37-66(38-36-59)93(65-33-23-14-24-34-65)55-64-53-73-79(62-29-19-12-20-30-62)71-42-41-69(86-71)77(60-25-15-10-16-26-60)67-39-40-68(85-67)78(61-27-17-11-18-28-61)70-43-44-72(87-70)80(81(64)88-73)63-31-21-13-22-32-63/h10-44,53,86-87H,45-52,54-58H2,1-9H3. The Kier molecular flexibility index (Phi) is 21.1. The van der Waals surface area contributed by atoms with Crippen molar-refractivity contribution < 1.29 is 28.6 Å². The number of H-pyrrole nitrogens is 2. The first kappa shape index (κ1) is 68.9. The maximum absolute atomic E-state index is 13.6. The van der Waals surface area contributed by atoms with Crippen LogP contribution in [0.1, 0.15) is 90.7 Å².